The summed E-state index contributed by atoms with van der Waals surface area (Å²) < 4.78 is 34.2. The second kappa shape index (κ2) is 7.56. The molecule has 3 aliphatic heterocycles. The number of nitrogens with zero attached hydrogens (tertiary/aromatic N) is 1. The molecule has 0 unspecified atom stereocenters. The van der Waals surface area contributed by atoms with Crippen LogP contribution in [-0.2, 0) is 0 Å². The van der Waals surface area contributed by atoms with Gasteiger partial charge in [0.1, 0.15) is 0 Å². The Balaban J connectivity index is 1.41. The van der Waals surface area contributed by atoms with E-state index < -0.39 is 0 Å². The molecule has 0 N–H and O–H groups in total. The van der Waals surface area contributed by atoms with Gasteiger partial charge in [-0.1, -0.05) is 15.9 Å². The summed E-state index contributed by atoms with van der Waals surface area (Å²) in [4.78, 5) is 4.99. The van der Waals surface area contributed by atoms with E-state index in [0.29, 0.717) is 17.2 Å². The number of rotatable bonds is 3. The van der Waals surface area contributed by atoms with Gasteiger partial charge in [0.25, 0.3) is 0 Å². The lowest BCUT2D eigenvalue weighted by Gasteiger charge is -2.13. The third kappa shape index (κ3) is 3.21. The van der Waals surface area contributed by atoms with E-state index in [1.165, 1.54) is 0 Å². The van der Waals surface area contributed by atoms with Gasteiger partial charge >= 0.3 is 0 Å². The van der Waals surface area contributed by atoms with E-state index in [-0.39, 0.29) is 20.4 Å². The lowest BCUT2D eigenvalue weighted by Crippen LogP contribution is -1.93. The van der Waals surface area contributed by atoms with Gasteiger partial charge in [0.05, 0.1) is 11.4 Å². The van der Waals surface area contributed by atoms with Gasteiger partial charge in [-0.2, -0.15) is 0 Å². The van der Waals surface area contributed by atoms with Gasteiger partial charge in [0, 0.05) is 15.6 Å². The molecule has 0 saturated heterocycles. The molecule has 8 heteroatoms. The zero-order valence-corrected chi connectivity index (χ0v) is 19.3. The highest BCUT2D eigenvalue weighted by molar-refractivity contribution is 9.10. The molecule has 168 valence electrons. The van der Waals surface area contributed by atoms with Gasteiger partial charge < -0.3 is 28.4 Å². The van der Waals surface area contributed by atoms with Crippen LogP contribution in [0.25, 0.3) is 33.6 Å². The number of benzene rings is 3. The maximum absolute atomic E-state index is 5.63. The van der Waals surface area contributed by atoms with E-state index in [0.717, 1.165) is 55.4 Å². The highest BCUT2D eigenvalue weighted by Crippen LogP contribution is 2.44. The molecule has 7 rings (SSSR count). The highest BCUT2D eigenvalue weighted by Gasteiger charge is 2.21. The van der Waals surface area contributed by atoms with Crippen molar-refractivity contribution in [1.29, 1.82) is 0 Å². The summed E-state index contributed by atoms with van der Waals surface area (Å²) in [6, 6.07) is 19.7. The van der Waals surface area contributed by atoms with Crippen molar-refractivity contribution in [2.24, 2.45) is 0 Å². The standard InChI is InChI=1S/C26H16BrNO6/c27-18-10-26-25(33-13-34-26)9-17(18)16-5-19(14-1-3-21-23(7-14)31-11-29-21)28-20(6-16)15-2-4-22-24(8-15)32-12-30-22/h1-10H,11-13H2. The van der Waals surface area contributed by atoms with Crippen LogP contribution in [0.2, 0.25) is 0 Å². The fraction of sp³-hybridized carbons (Fsp3) is 0.115. The molecule has 4 heterocycles. The van der Waals surface area contributed by atoms with Crippen molar-refractivity contribution in [3.05, 3.63) is 65.1 Å². The van der Waals surface area contributed by atoms with Crippen LogP contribution >= 0.6 is 15.9 Å². The predicted molar refractivity (Wildman–Crippen MR) is 127 cm³/mol. The maximum Gasteiger partial charge on any atom is 0.231 e. The molecule has 3 aromatic carbocycles. The van der Waals surface area contributed by atoms with Crippen LogP contribution in [0.4, 0.5) is 0 Å². The minimum absolute atomic E-state index is 0.215. The Morgan fingerprint density at radius 1 is 0.500 bits per heavy atom. The van der Waals surface area contributed by atoms with Crippen molar-refractivity contribution in [2.45, 2.75) is 0 Å². The van der Waals surface area contributed by atoms with Crippen LogP contribution in [0.15, 0.2) is 65.1 Å². The molecule has 0 amide bonds. The first-order chi connectivity index (χ1) is 16.7. The smallest absolute Gasteiger partial charge is 0.231 e. The minimum atomic E-state index is 0.215. The average molecular weight is 518 g/mol. The molecule has 0 aliphatic carbocycles. The third-order valence-corrected chi connectivity index (χ3v) is 6.59. The van der Waals surface area contributed by atoms with Gasteiger partial charge in [-0.15, -0.1) is 0 Å². The second-order valence-electron chi connectivity index (χ2n) is 7.95. The fourth-order valence-corrected chi connectivity index (χ4v) is 4.78. The molecule has 0 saturated carbocycles. The number of aromatic nitrogens is 1. The number of pyridine rings is 1. The van der Waals surface area contributed by atoms with Gasteiger partial charge in [-0.25, -0.2) is 4.98 Å². The van der Waals surface area contributed by atoms with Crippen molar-refractivity contribution in [3.63, 3.8) is 0 Å². The van der Waals surface area contributed by atoms with Crippen LogP contribution in [0.5, 0.6) is 34.5 Å². The molecular formula is C26H16BrNO6. The molecule has 1 aromatic heterocycles. The molecule has 0 atom stereocenters. The van der Waals surface area contributed by atoms with E-state index in [1.807, 2.05) is 48.5 Å². The first-order valence-electron chi connectivity index (χ1n) is 10.6. The molecule has 0 spiro atoms. The monoisotopic (exact) mass is 517 g/mol. The largest absolute Gasteiger partial charge is 0.454 e. The summed E-state index contributed by atoms with van der Waals surface area (Å²) in [5, 5.41) is 0. The first kappa shape index (κ1) is 19.5. The normalized spacial score (nSPS) is 14.5. The molecule has 0 bridgehead atoms. The number of ether oxygens (including phenoxy) is 6. The topological polar surface area (TPSA) is 68.3 Å². The Labute approximate surface area is 202 Å². The van der Waals surface area contributed by atoms with E-state index in [4.69, 9.17) is 33.4 Å². The summed E-state index contributed by atoms with van der Waals surface area (Å²) in [7, 11) is 0. The molecule has 0 radical (unpaired) electrons. The summed E-state index contributed by atoms with van der Waals surface area (Å²) >= 11 is 3.70. The second-order valence-corrected chi connectivity index (χ2v) is 8.80. The number of hydrogen-bond acceptors (Lipinski definition) is 7. The van der Waals surface area contributed by atoms with E-state index in [9.17, 15) is 0 Å². The highest BCUT2D eigenvalue weighted by atomic mass is 79.9. The van der Waals surface area contributed by atoms with Crippen molar-refractivity contribution < 1.29 is 28.4 Å². The first-order valence-corrected chi connectivity index (χ1v) is 11.4. The van der Waals surface area contributed by atoms with Gasteiger partial charge in [-0.3, -0.25) is 0 Å². The van der Waals surface area contributed by atoms with Crippen molar-refractivity contribution >= 4 is 15.9 Å². The van der Waals surface area contributed by atoms with Crippen molar-refractivity contribution in [2.75, 3.05) is 20.4 Å². The number of hydrogen-bond donors (Lipinski definition) is 0. The molecule has 4 aromatic rings. The van der Waals surface area contributed by atoms with E-state index in [2.05, 4.69) is 28.1 Å². The van der Waals surface area contributed by atoms with Gasteiger partial charge in [0.2, 0.25) is 20.4 Å². The Bertz CT molecular complexity index is 1390. The Kier molecular flexibility index (Phi) is 4.35. The Hall–Kier alpha value is -3.91. The minimum Gasteiger partial charge on any atom is -0.454 e. The SMILES string of the molecule is Brc1cc2c(cc1-c1cc(-c3ccc4c(c3)OCO4)nc(-c3ccc4c(c3)OCO4)c1)OCO2. The van der Waals surface area contributed by atoms with Gasteiger partial charge in [-0.05, 0) is 71.8 Å². The summed E-state index contributed by atoms with van der Waals surface area (Å²) in [5.74, 6) is 4.31. The zero-order chi connectivity index (χ0) is 22.6. The maximum atomic E-state index is 5.63. The Morgan fingerprint density at radius 3 is 1.53 bits per heavy atom. The summed E-state index contributed by atoms with van der Waals surface area (Å²) in [5.41, 5.74) is 5.38. The summed E-state index contributed by atoms with van der Waals surface area (Å²) in [6.45, 7) is 0.657. The molecule has 34 heavy (non-hydrogen) atoms. The van der Waals surface area contributed by atoms with Crippen LogP contribution in [-0.4, -0.2) is 25.4 Å². The lowest BCUT2D eigenvalue weighted by atomic mass is 9.99. The molecule has 0 fully saturated rings. The van der Waals surface area contributed by atoms with Crippen LogP contribution in [0.1, 0.15) is 0 Å². The number of fused-ring (bicyclic) bond motifs is 3. The zero-order valence-electron chi connectivity index (χ0n) is 17.7. The Morgan fingerprint density at radius 2 is 0.971 bits per heavy atom. The predicted octanol–water partition coefficient (Wildman–Crippen LogP) is 6.03. The van der Waals surface area contributed by atoms with Gasteiger partial charge in [0.15, 0.2) is 34.5 Å². The quantitative estimate of drug-likeness (QED) is 0.328. The summed E-state index contributed by atoms with van der Waals surface area (Å²) in [6.07, 6.45) is 0. The van der Waals surface area contributed by atoms with Crippen LogP contribution in [0, 0.1) is 0 Å². The lowest BCUT2D eigenvalue weighted by molar-refractivity contribution is 0.173. The van der Waals surface area contributed by atoms with Crippen molar-refractivity contribution in [1.82, 2.24) is 4.98 Å². The molecular weight excluding hydrogens is 502 g/mol. The van der Waals surface area contributed by atoms with E-state index in [1.54, 1.807) is 0 Å². The molecule has 3 aliphatic rings. The molecule has 7 nitrogen and oxygen atoms in total. The van der Waals surface area contributed by atoms with Crippen LogP contribution < -0.4 is 28.4 Å². The van der Waals surface area contributed by atoms with E-state index >= 15 is 0 Å². The third-order valence-electron chi connectivity index (χ3n) is 5.94. The average Bonchev–Trinajstić information content (AvgIpc) is 3.62. The van der Waals surface area contributed by atoms with Crippen LogP contribution in [0.3, 0.4) is 0 Å². The number of halogens is 1. The fourth-order valence-electron chi connectivity index (χ4n) is 4.23. The van der Waals surface area contributed by atoms with Crippen molar-refractivity contribution in [3.8, 4) is 68.1 Å².